The molecule has 0 fully saturated rings. The molecule has 0 saturated heterocycles. The zero-order valence-corrected chi connectivity index (χ0v) is 22.3. The normalized spacial score (nSPS) is 10.2. The Morgan fingerprint density at radius 2 is 1.22 bits per heavy atom. The van der Waals surface area contributed by atoms with Gasteiger partial charge in [-0.15, -0.1) is 0 Å². The standard InChI is InChI=1S/C31H28O10/c1-20(18-28(33)37-3)30(35)40-26-12-4-22(5-13-26)23-6-14-27(15-7-23)41-31(36)24-8-10-25(11-9-24)38-16-17-39-29(34)21(2)19-32/h4-15,32H,1-2,16-19H2,3H3. The quantitative estimate of drug-likeness (QED) is 0.141. The first kappa shape index (κ1) is 30.3. The van der Waals surface area contributed by atoms with Gasteiger partial charge in [-0.3, -0.25) is 4.79 Å². The summed E-state index contributed by atoms with van der Waals surface area (Å²) in [6, 6.07) is 19.9. The van der Waals surface area contributed by atoms with Crippen molar-refractivity contribution in [2.75, 3.05) is 26.9 Å². The van der Waals surface area contributed by atoms with Crippen LogP contribution in [0.3, 0.4) is 0 Å². The van der Waals surface area contributed by atoms with Crippen LogP contribution in [0, 0.1) is 0 Å². The minimum Gasteiger partial charge on any atom is -0.490 e. The fourth-order valence-corrected chi connectivity index (χ4v) is 3.24. The van der Waals surface area contributed by atoms with Gasteiger partial charge in [-0.1, -0.05) is 37.4 Å². The molecule has 0 amide bonds. The summed E-state index contributed by atoms with van der Waals surface area (Å²) in [5.41, 5.74) is 1.92. The summed E-state index contributed by atoms with van der Waals surface area (Å²) in [4.78, 5) is 47.3. The summed E-state index contributed by atoms with van der Waals surface area (Å²) in [6.07, 6.45) is -0.255. The van der Waals surface area contributed by atoms with Crippen molar-refractivity contribution in [3.05, 3.63) is 103 Å². The second-order valence-corrected chi connectivity index (χ2v) is 8.45. The smallest absolute Gasteiger partial charge is 0.343 e. The fourth-order valence-electron chi connectivity index (χ4n) is 3.24. The molecule has 3 aromatic rings. The second-order valence-electron chi connectivity index (χ2n) is 8.45. The van der Waals surface area contributed by atoms with E-state index < -0.39 is 30.5 Å². The number of ether oxygens (including phenoxy) is 5. The van der Waals surface area contributed by atoms with Crippen molar-refractivity contribution in [2.45, 2.75) is 6.42 Å². The van der Waals surface area contributed by atoms with Gasteiger partial charge in [-0.25, -0.2) is 14.4 Å². The summed E-state index contributed by atoms with van der Waals surface area (Å²) >= 11 is 0. The van der Waals surface area contributed by atoms with E-state index in [-0.39, 0.29) is 30.8 Å². The minimum absolute atomic E-state index is 0.0161. The van der Waals surface area contributed by atoms with Gasteiger partial charge in [-0.2, -0.15) is 0 Å². The molecule has 0 aliphatic heterocycles. The molecule has 0 heterocycles. The van der Waals surface area contributed by atoms with Crippen LogP contribution in [0.25, 0.3) is 11.1 Å². The van der Waals surface area contributed by atoms with Gasteiger partial charge >= 0.3 is 23.9 Å². The first-order valence-corrected chi connectivity index (χ1v) is 12.3. The second kappa shape index (κ2) is 14.8. The Labute approximate surface area is 236 Å². The topological polar surface area (TPSA) is 135 Å². The van der Waals surface area contributed by atoms with Crippen LogP contribution in [0.2, 0.25) is 0 Å². The summed E-state index contributed by atoms with van der Waals surface area (Å²) in [6.45, 7) is 6.50. The van der Waals surface area contributed by atoms with E-state index in [1.165, 1.54) is 7.11 Å². The van der Waals surface area contributed by atoms with Gasteiger partial charge in [0.1, 0.15) is 30.5 Å². The molecular weight excluding hydrogens is 532 g/mol. The van der Waals surface area contributed by atoms with Gasteiger partial charge in [0.25, 0.3) is 0 Å². The lowest BCUT2D eigenvalue weighted by Crippen LogP contribution is -2.15. The first-order valence-electron chi connectivity index (χ1n) is 12.3. The van der Waals surface area contributed by atoms with Gasteiger partial charge in [0.05, 0.1) is 31.3 Å². The van der Waals surface area contributed by atoms with Crippen molar-refractivity contribution in [2.24, 2.45) is 0 Å². The van der Waals surface area contributed by atoms with Gasteiger partial charge in [-0.05, 0) is 59.7 Å². The SMILES string of the molecule is C=C(CO)C(=O)OCCOc1ccc(C(=O)Oc2ccc(-c3ccc(OC(=O)C(=C)CC(=O)OC)cc3)cc2)cc1. The summed E-state index contributed by atoms with van der Waals surface area (Å²) in [7, 11) is 1.22. The van der Waals surface area contributed by atoms with Gasteiger partial charge in [0.15, 0.2) is 0 Å². The van der Waals surface area contributed by atoms with Crippen molar-refractivity contribution in [1.29, 1.82) is 0 Å². The lowest BCUT2D eigenvalue weighted by molar-refractivity contribution is -0.141. The molecule has 0 saturated carbocycles. The highest BCUT2D eigenvalue weighted by atomic mass is 16.6. The molecule has 0 aliphatic carbocycles. The Balaban J connectivity index is 1.49. The zero-order chi connectivity index (χ0) is 29.8. The molecular formula is C31H28O10. The predicted octanol–water partition coefficient (Wildman–Crippen LogP) is 4.07. The van der Waals surface area contributed by atoms with Crippen LogP contribution in [-0.4, -0.2) is 55.9 Å². The lowest BCUT2D eigenvalue weighted by Gasteiger charge is -2.09. The van der Waals surface area contributed by atoms with Crippen molar-refractivity contribution in [1.82, 2.24) is 0 Å². The largest absolute Gasteiger partial charge is 0.490 e. The van der Waals surface area contributed by atoms with E-state index in [1.54, 1.807) is 72.8 Å². The van der Waals surface area contributed by atoms with Gasteiger partial charge in [0, 0.05) is 5.57 Å². The number of rotatable bonds is 13. The molecule has 41 heavy (non-hydrogen) atoms. The monoisotopic (exact) mass is 560 g/mol. The average molecular weight is 561 g/mol. The number of methoxy groups -OCH3 is 1. The van der Waals surface area contributed by atoms with E-state index in [9.17, 15) is 19.2 Å². The third kappa shape index (κ3) is 9.19. The molecule has 10 heteroatoms. The molecule has 0 spiro atoms. The maximum Gasteiger partial charge on any atom is 0.343 e. The number of esters is 4. The number of hydrogen-bond acceptors (Lipinski definition) is 10. The molecule has 0 aliphatic rings. The molecule has 0 radical (unpaired) electrons. The number of carbonyl (C=O) groups excluding carboxylic acids is 4. The third-order valence-electron chi connectivity index (χ3n) is 5.49. The molecule has 0 unspecified atom stereocenters. The van der Waals surface area contributed by atoms with Crippen molar-refractivity contribution in [3.8, 4) is 28.4 Å². The van der Waals surface area contributed by atoms with E-state index >= 15 is 0 Å². The van der Waals surface area contributed by atoms with E-state index in [0.717, 1.165) is 11.1 Å². The molecule has 3 aromatic carbocycles. The summed E-state index contributed by atoms with van der Waals surface area (Å²) in [5.74, 6) is -1.45. The molecule has 10 nitrogen and oxygen atoms in total. The fraction of sp³-hybridized carbons (Fsp3) is 0.161. The van der Waals surface area contributed by atoms with Crippen LogP contribution in [0.4, 0.5) is 0 Å². The Morgan fingerprint density at radius 3 is 1.76 bits per heavy atom. The lowest BCUT2D eigenvalue weighted by atomic mass is 10.1. The van der Waals surface area contributed by atoms with Crippen LogP contribution in [-0.2, 0) is 23.9 Å². The predicted molar refractivity (Wildman–Crippen MR) is 147 cm³/mol. The van der Waals surface area contributed by atoms with Gasteiger partial charge < -0.3 is 28.8 Å². The van der Waals surface area contributed by atoms with Crippen molar-refractivity contribution in [3.63, 3.8) is 0 Å². The minimum atomic E-state index is -0.721. The van der Waals surface area contributed by atoms with Crippen LogP contribution >= 0.6 is 0 Å². The first-order chi connectivity index (χ1) is 19.7. The molecule has 0 aromatic heterocycles. The number of benzene rings is 3. The third-order valence-corrected chi connectivity index (χ3v) is 5.49. The van der Waals surface area contributed by atoms with Gasteiger partial charge in [0.2, 0.25) is 0 Å². The summed E-state index contributed by atoms with van der Waals surface area (Å²) < 4.78 is 25.5. The van der Waals surface area contributed by atoms with E-state index in [2.05, 4.69) is 17.9 Å². The maximum atomic E-state index is 12.5. The highest BCUT2D eigenvalue weighted by molar-refractivity contribution is 5.94. The van der Waals surface area contributed by atoms with Crippen LogP contribution in [0.1, 0.15) is 16.8 Å². The average Bonchev–Trinajstić information content (AvgIpc) is 2.99. The molecule has 212 valence electrons. The highest BCUT2D eigenvalue weighted by Crippen LogP contribution is 2.25. The number of aliphatic hydroxyl groups is 1. The van der Waals surface area contributed by atoms with Crippen LogP contribution in [0.15, 0.2) is 97.1 Å². The van der Waals surface area contributed by atoms with E-state index in [0.29, 0.717) is 22.8 Å². The maximum absolute atomic E-state index is 12.5. The Hall–Kier alpha value is -5.22. The van der Waals surface area contributed by atoms with Crippen molar-refractivity contribution >= 4 is 23.9 Å². The number of hydrogen-bond donors (Lipinski definition) is 1. The Kier molecular flexibility index (Phi) is 10.9. The molecule has 0 atom stereocenters. The Bertz CT molecular complexity index is 1400. The number of carbonyl (C=O) groups is 4. The van der Waals surface area contributed by atoms with E-state index in [1.807, 2.05) is 0 Å². The molecule has 3 rings (SSSR count). The molecule has 0 bridgehead atoms. The van der Waals surface area contributed by atoms with E-state index in [4.69, 9.17) is 24.1 Å². The zero-order valence-electron chi connectivity index (χ0n) is 22.3. The highest BCUT2D eigenvalue weighted by Gasteiger charge is 2.15. The van der Waals surface area contributed by atoms with Crippen molar-refractivity contribution < 1.29 is 48.0 Å². The van der Waals surface area contributed by atoms with Crippen LogP contribution in [0.5, 0.6) is 17.2 Å². The number of aliphatic hydroxyl groups excluding tert-OH is 1. The summed E-state index contributed by atoms with van der Waals surface area (Å²) in [5, 5.41) is 8.84. The van der Waals surface area contributed by atoms with Crippen LogP contribution < -0.4 is 14.2 Å². The molecule has 1 N–H and O–H groups in total. The Morgan fingerprint density at radius 1 is 0.683 bits per heavy atom.